The predicted octanol–water partition coefficient (Wildman–Crippen LogP) is 7.00. The Labute approximate surface area is 196 Å². The number of carboxylic acid groups (broad SMARTS) is 1. The van der Waals surface area contributed by atoms with Crippen LogP contribution in [0.2, 0.25) is 0 Å². The second-order valence-electron chi connectivity index (χ2n) is 13.0. The lowest BCUT2D eigenvalue weighted by Gasteiger charge is -2.60. The van der Waals surface area contributed by atoms with E-state index in [-0.39, 0.29) is 11.5 Å². The summed E-state index contributed by atoms with van der Waals surface area (Å²) in [5.41, 5.74) is 2.19. The number of allylic oxidation sites excluding steroid dienone is 1. The minimum absolute atomic E-state index is 0.205. The van der Waals surface area contributed by atoms with Crippen molar-refractivity contribution >= 4 is 6.16 Å². The third kappa shape index (κ3) is 4.05. The fraction of sp³-hybridized carbons (Fsp3) is 0.897. The van der Waals surface area contributed by atoms with Crippen LogP contribution in [0, 0.1) is 52.3 Å². The van der Waals surface area contributed by atoms with Crippen LogP contribution in [-0.2, 0) is 4.74 Å². The molecule has 3 saturated carbocycles. The Morgan fingerprint density at radius 2 is 1.91 bits per heavy atom. The van der Waals surface area contributed by atoms with Crippen molar-refractivity contribution in [2.75, 3.05) is 0 Å². The van der Waals surface area contributed by atoms with Crippen molar-refractivity contribution in [3.63, 3.8) is 0 Å². The van der Waals surface area contributed by atoms with Gasteiger partial charge in [0.2, 0.25) is 0 Å². The molecular weight excluding hydrogens is 396 g/mol. The van der Waals surface area contributed by atoms with Crippen LogP contribution in [0.15, 0.2) is 11.6 Å². The van der Waals surface area contributed by atoms with E-state index in [0.717, 1.165) is 48.3 Å². The van der Waals surface area contributed by atoms with Crippen LogP contribution in [0.1, 0.15) is 106 Å². The quantitative estimate of drug-likeness (QED) is 0.328. The summed E-state index contributed by atoms with van der Waals surface area (Å²) in [5.74, 6) is 5.42. The smallest absolute Gasteiger partial charge is 0.252 e. The highest BCUT2D eigenvalue weighted by Gasteiger charge is 2.60. The van der Waals surface area contributed by atoms with Gasteiger partial charge in [0, 0.05) is 6.10 Å². The maximum Gasteiger partial charge on any atom is 0.252 e. The minimum atomic E-state index is -1.37. The lowest BCUT2D eigenvalue weighted by Crippen LogP contribution is -2.53. The largest absolute Gasteiger partial charge is 0.546 e. The summed E-state index contributed by atoms with van der Waals surface area (Å²) in [6.07, 6.45) is 13.4. The molecule has 9 atom stereocenters. The summed E-state index contributed by atoms with van der Waals surface area (Å²) in [6, 6.07) is 0. The number of ether oxygens (including phenoxy) is 1. The number of fused-ring (bicyclic) bond motifs is 5. The molecule has 0 saturated heterocycles. The molecule has 0 radical (unpaired) electrons. The third-order valence-electron chi connectivity index (χ3n) is 11.1. The third-order valence-corrected chi connectivity index (χ3v) is 11.1. The summed E-state index contributed by atoms with van der Waals surface area (Å²) in [7, 11) is 0. The molecule has 0 aliphatic heterocycles. The Hall–Kier alpha value is -0.990. The number of carbonyl (C=O) groups is 1. The van der Waals surface area contributed by atoms with E-state index in [1.807, 2.05) is 0 Å². The molecule has 4 aliphatic carbocycles. The molecule has 4 rings (SSSR count). The fourth-order valence-electron chi connectivity index (χ4n) is 9.30. The van der Waals surface area contributed by atoms with Crippen molar-refractivity contribution in [1.29, 1.82) is 0 Å². The van der Waals surface area contributed by atoms with E-state index in [1.54, 1.807) is 0 Å². The van der Waals surface area contributed by atoms with Gasteiger partial charge in [-0.15, -0.1) is 0 Å². The standard InChI is InChI=1S/C29H48O3/c1-18(2)8-7-9-19(3)24-12-13-25-23-11-10-21-17-22(32-27(30)31)16-20(4)29(21,6)26(23)14-15-28(24,25)5/h10,18-20,22-26H,7-9,11-17H2,1-6H3,(H,30,31)/p-1/t19-,20?,22+,23+,24-,25+,26+,28-,29+/m1/s1. The average molecular weight is 444 g/mol. The van der Waals surface area contributed by atoms with Gasteiger partial charge in [0.25, 0.3) is 6.16 Å². The average Bonchev–Trinajstić information content (AvgIpc) is 3.05. The Kier molecular flexibility index (Phi) is 6.78. The molecule has 0 heterocycles. The van der Waals surface area contributed by atoms with Crippen molar-refractivity contribution in [2.24, 2.45) is 52.3 Å². The van der Waals surface area contributed by atoms with Gasteiger partial charge in [0.1, 0.15) is 0 Å². The molecule has 0 aromatic heterocycles. The Morgan fingerprint density at radius 1 is 1.16 bits per heavy atom. The summed E-state index contributed by atoms with van der Waals surface area (Å²) < 4.78 is 5.13. The van der Waals surface area contributed by atoms with Gasteiger partial charge in [-0.3, -0.25) is 0 Å². The SMILES string of the molecule is CC(C)CCC[C@@H](C)[C@H]1CC[C@H]2[C@@H]3CC=C4C[C@@H](OC(=O)[O-])CC(C)[C@]4(C)[C@H]3CC[C@]12C. The maximum absolute atomic E-state index is 11.0. The molecule has 0 N–H and O–H groups in total. The van der Waals surface area contributed by atoms with Gasteiger partial charge in [-0.1, -0.05) is 72.5 Å². The molecule has 3 nitrogen and oxygen atoms in total. The summed E-state index contributed by atoms with van der Waals surface area (Å²) >= 11 is 0. The first-order valence-corrected chi connectivity index (χ1v) is 13.6. The highest BCUT2D eigenvalue weighted by molar-refractivity contribution is 5.54. The van der Waals surface area contributed by atoms with E-state index < -0.39 is 6.16 Å². The number of carbonyl (C=O) groups excluding carboxylic acids is 1. The van der Waals surface area contributed by atoms with Gasteiger partial charge in [0.05, 0.1) is 0 Å². The minimum Gasteiger partial charge on any atom is -0.546 e. The zero-order chi connectivity index (χ0) is 23.3. The number of rotatable bonds is 6. The van der Waals surface area contributed by atoms with E-state index in [4.69, 9.17) is 4.74 Å². The van der Waals surface area contributed by atoms with Crippen molar-refractivity contribution < 1.29 is 14.6 Å². The summed E-state index contributed by atoms with van der Waals surface area (Å²) in [5, 5.41) is 11.0. The lowest BCUT2D eigenvalue weighted by molar-refractivity contribution is -0.289. The molecule has 3 fully saturated rings. The van der Waals surface area contributed by atoms with Crippen LogP contribution in [0.25, 0.3) is 0 Å². The molecule has 0 aromatic rings. The molecule has 0 aromatic carbocycles. The van der Waals surface area contributed by atoms with Gasteiger partial charge in [-0.05, 0) is 97.2 Å². The molecule has 1 unspecified atom stereocenters. The molecule has 0 spiro atoms. The first-order chi connectivity index (χ1) is 15.1. The topological polar surface area (TPSA) is 49.4 Å². The normalized spacial score (nSPS) is 44.3. The van der Waals surface area contributed by atoms with E-state index in [1.165, 1.54) is 56.9 Å². The van der Waals surface area contributed by atoms with Gasteiger partial charge in [-0.25, -0.2) is 0 Å². The number of hydrogen-bond donors (Lipinski definition) is 0. The van der Waals surface area contributed by atoms with Crippen molar-refractivity contribution in [1.82, 2.24) is 0 Å². The van der Waals surface area contributed by atoms with E-state index >= 15 is 0 Å². The van der Waals surface area contributed by atoms with E-state index in [2.05, 4.69) is 47.6 Å². The molecule has 3 heteroatoms. The Morgan fingerprint density at radius 3 is 2.59 bits per heavy atom. The monoisotopic (exact) mass is 443 g/mol. The van der Waals surface area contributed by atoms with Crippen LogP contribution < -0.4 is 5.11 Å². The van der Waals surface area contributed by atoms with Gasteiger partial charge in [-0.2, -0.15) is 0 Å². The van der Waals surface area contributed by atoms with Crippen LogP contribution >= 0.6 is 0 Å². The van der Waals surface area contributed by atoms with E-state index in [0.29, 0.717) is 11.3 Å². The first kappa shape index (κ1) is 24.1. The highest BCUT2D eigenvalue weighted by atomic mass is 16.7. The van der Waals surface area contributed by atoms with E-state index in [9.17, 15) is 9.90 Å². The molecule has 4 aliphatic rings. The van der Waals surface area contributed by atoms with Crippen molar-refractivity contribution in [3.8, 4) is 0 Å². The van der Waals surface area contributed by atoms with Crippen molar-refractivity contribution in [2.45, 2.75) is 112 Å². The Balaban J connectivity index is 1.50. The predicted molar refractivity (Wildman–Crippen MR) is 128 cm³/mol. The maximum atomic E-state index is 11.0. The van der Waals surface area contributed by atoms with Gasteiger partial charge in [0.15, 0.2) is 0 Å². The first-order valence-electron chi connectivity index (χ1n) is 13.6. The van der Waals surface area contributed by atoms with Gasteiger partial charge < -0.3 is 14.6 Å². The zero-order valence-corrected chi connectivity index (χ0v) is 21.5. The molecule has 182 valence electrons. The Bertz CT molecular complexity index is 726. The summed E-state index contributed by atoms with van der Waals surface area (Å²) in [6.45, 7) is 14.7. The molecule has 0 bridgehead atoms. The molecule has 32 heavy (non-hydrogen) atoms. The molecule has 0 amide bonds. The second kappa shape index (κ2) is 8.99. The van der Waals surface area contributed by atoms with Crippen LogP contribution in [0.3, 0.4) is 0 Å². The van der Waals surface area contributed by atoms with Crippen LogP contribution in [-0.4, -0.2) is 12.3 Å². The highest BCUT2D eigenvalue weighted by Crippen LogP contribution is 2.68. The van der Waals surface area contributed by atoms with Crippen LogP contribution in [0.4, 0.5) is 4.79 Å². The van der Waals surface area contributed by atoms with Gasteiger partial charge >= 0.3 is 0 Å². The second-order valence-corrected chi connectivity index (χ2v) is 13.0. The summed E-state index contributed by atoms with van der Waals surface area (Å²) in [4.78, 5) is 11.0. The van der Waals surface area contributed by atoms with Crippen LogP contribution in [0.5, 0.6) is 0 Å². The number of hydrogen-bond acceptors (Lipinski definition) is 3. The lowest BCUT2D eigenvalue weighted by atomic mass is 9.45. The fourth-order valence-corrected chi connectivity index (χ4v) is 9.30. The molecular formula is C29H47O3-. The van der Waals surface area contributed by atoms with Crippen molar-refractivity contribution in [3.05, 3.63) is 11.6 Å². The zero-order valence-electron chi connectivity index (χ0n) is 21.5.